The third-order valence-electron chi connectivity index (χ3n) is 5.57. The molecule has 178 valence electrons. The van der Waals surface area contributed by atoms with E-state index in [0.29, 0.717) is 5.92 Å². The van der Waals surface area contributed by atoms with Gasteiger partial charge in [-0.1, -0.05) is 6.07 Å². The van der Waals surface area contributed by atoms with Crippen molar-refractivity contribution in [1.82, 2.24) is 15.2 Å². The molecule has 1 N–H and O–H groups in total. The van der Waals surface area contributed by atoms with Crippen molar-refractivity contribution in [3.05, 3.63) is 40.3 Å². The highest BCUT2D eigenvalue weighted by Gasteiger charge is 2.23. The second-order valence-corrected chi connectivity index (χ2v) is 8.80. The molecule has 2 atom stereocenters. The number of ether oxygens (including phenoxy) is 2. The minimum absolute atomic E-state index is 0. The maximum absolute atomic E-state index is 5.38. The number of nitrogens with one attached hydrogen (secondary N) is 1. The van der Waals surface area contributed by atoms with Gasteiger partial charge in [0.2, 0.25) is 0 Å². The molecule has 1 aromatic heterocycles. The van der Waals surface area contributed by atoms with Gasteiger partial charge in [-0.15, -0.1) is 35.3 Å². The van der Waals surface area contributed by atoms with E-state index in [1.54, 1.807) is 25.6 Å². The van der Waals surface area contributed by atoms with E-state index >= 15 is 0 Å². The summed E-state index contributed by atoms with van der Waals surface area (Å²) in [5, 5.41) is 6.54. The minimum atomic E-state index is 0. The van der Waals surface area contributed by atoms with E-state index in [1.165, 1.54) is 5.69 Å². The number of hydrogen-bond acceptors (Lipinski definition) is 6. The highest BCUT2D eigenvalue weighted by Crippen LogP contribution is 2.27. The Morgan fingerprint density at radius 2 is 2.22 bits per heavy atom. The van der Waals surface area contributed by atoms with Crippen molar-refractivity contribution < 1.29 is 9.47 Å². The molecule has 1 aliphatic rings. The van der Waals surface area contributed by atoms with Crippen LogP contribution in [0, 0.1) is 5.92 Å². The van der Waals surface area contributed by atoms with Crippen LogP contribution in [0.4, 0.5) is 5.69 Å². The van der Waals surface area contributed by atoms with Crippen molar-refractivity contribution >= 4 is 47.0 Å². The van der Waals surface area contributed by atoms with Crippen LogP contribution in [0.1, 0.15) is 37.1 Å². The van der Waals surface area contributed by atoms with Crippen molar-refractivity contribution in [2.75, 3.05) is 52.3 Å². The molecule has 9 heteroatoms. The van der Waals surface area contributed by atoms with Crippen LogP contribution in [-0.4, -0.2) is 63.3 Å². The zero-order chi connectivity index (χ0) is 22.2. The standard InChI is InChI=1S/C23H35N5O2S.HI/c1-6-24-23(27(3)15-19-16-31-22(26-19)17(2)29-4)25-13-18-10-11-28(14-18)20-8-7-9-21(12-20)30-5;/h7-9,12,16-18H,6,10-11,13-15H2,1-5H3,(H,24,25);1H. The number of aromatic nitrogens is 1. The SMILES string of the molecule is CCNC(=NCC1CCN(c2cccc(OC)c2)C1)N(C)Cc1csc(C(C)OC)n1.I. The second kappa shape index (κ2) is 13.2. The Labute approximate surface area is 213 Å². The molecule has 0 saturated carbocycles. The summed E-state index contributed by atoms with van der Waals surface area (Å²) >= 11 is 1.65. The molecule has 2 aromatic rings. The van der Waals surface area contributed by atoms with Gasteiger partial charge in [0.15, 0.2) is 5.96 Å². The molecular weight excluding hydrogens is 537 g/mol. The molecule has 3 rings (SSSR count). The Bertz CT molecular complexity index is 862. The van der Waals surface area contributed by atoms with Crippen molar-refractivity contribution in [1.29, 1.82) is 0 Å². The number of guanidine groups is 1. The van der Waals surface area contributed by atoms with Crippen LogP contribution in [0.15, 0.2) is 34.6 Å². The quantitative estimate of drug-likeness (QED) is 0.273. The lowest BCUT2D eigenvalue weighted by atomic mass is 10.1. The molecule has 1 aromatic carbocycles. The number of thiazole rings is 1. The van der Waals surface area contributed by atoms with Crippen molar-refractivity contribution in [2.24, 2.45) is 10.9 Å². The summed E-state index contributed by atoms with van der Waals surface area (Å²) in [5.41, 5.74) is 2.27. The Kier molecular flexibility index (Phi) is 11.0. The zero-order valence-electron chi connectivity index (χ0n) is 19.7. The summed E-state index contributed by atoms with van der Waals surface area (Å²) in [6.07, 6.45) is 1.18. The maximum Gasteiger partial charge on any atom is 0.194 e. The van der Waals surface area contributed by atoms with E-state index in [4.69, 9.17) is 19.5 Å². The first kappa shape index (κ1) is 26.7. The first-order valence-electron chi connectivity index (χ1n) is 10.9. The van der Waals surface area contributed by atoms with Gasteiger partial charge in [0.1, 0.15) is 16.9 Å². The molecule has 1 saturated heterocycles. The van der Waals surface area contributed by atoms with Gasteiger partial charge in [-0.05, 0) is 38.3 Å². The highest BCUT2D eigenvalue weighted by atomic mass is 127. The lowest BCUT2D eigenvalue weighted by Gasteiger charge is -2.22. The van der Waals surface area contributed by atoms with E-state index in [9.17, 15) is 0 Å². The molecule has 0 radical (unpaired) electrons. The smallest absolute Gasteiger partial charge is 0.194 e. The largest absolute Gasteiger partial charge is 0.497 e. The average Bonchev–Trinajstić information content (AvgIpc) is 3.46. The molecule has 0 bridgehead atoms. The molecule has 0 amide bonds. The second-order valence-electron chi connectivity index (χ2n) is 7.91. The van der Waals surface area contributed by atoms with Gasteiger partial charge in [-0.2, -0.15) is 0 Å². The zero-order valence-corrected chi connectivity index (χ0v) is 22.9. The number of benzene rings is 1. The summed E-state index contributed by atoms with van der Waals surface area (Å²) in [5.74, 6) is 2.37. The van der Waals surface area contributed by atoms with Crippen LogP contribution in [0.25, 0.3) is 0 Å². The molecule has 1 aliphatic heterocycles. The summed E-state index contributed by atoms with van der Waals surface area (Å²) in [7, 11) is 5.49. The molecule has 1 fully saturated rings. The van der Waals surface area contributed by atoms with Crippen LogP contribution < -0.4 is 15.0 Å². The number of methoxy groups -OCH3 is 2. The normalized spacial score (nSPS) is 17.1. The van der Waals surface area contributed by atoms with Crippen LogP contribution >= 0.6 is 35.3 Å². The fourth-order valence-electron chi connectivity index (χ4n) is 3.71. The number of nitrogens with zero attached hydrogens (tertiary/aromatic N) is 4. The van der Waals surface area contributed by atoms with E-state index in [0.717, 1.165) is 61.6 Å². The third kappa shape index (κ3) is 7.21. The Hall–Kier alpha value is -1.59. The number of halogens is 1. The molecule has 7 nitrogen and oxygen atoms in total. The van der Waals surface area contributed by atoms with Gasteiger partial charge in [-0.3, -0.25) is 4.99 Å². The van der Waals surface area contributed by atoms with E-state index < -0.39 is 0 Å². The fraction of sp³-hybridized carbons (Fsp3) is 0.565. The van der Waals surface area contributed by atoms with Crippen LogP contribution in [0.5, 0.6) is 5.75 Å². The van der Waals surface area contributed by atoms with Crippen LogP contribution in [0.2, 0.25) is 0 Å². The first-order chi connectivity index (χ1) is 15.0. The first-order valence-corrected chi connectivity index (χ1v) is 11.8. The van der Waals surface area contributed by atoms with Gasteiger partial charge in [0, 0.05) is 57.5 Å². The summed E-state index contributed by atoms with van der Waals surface area (Å²) in [4.78, 5) is 14.2. The monoisotopic (exact) mass is 573 g/mol. The Morgan fingerprint density at radius 3 is 2.94 bits per heavy atom. The molecule has 2 unspecified atom stereocenters. The van der Waals surface area contributed by atoms with Crippen LogP contribution in [0.3, 0.4) is 0 Å². The summed E-state index contributed by atoms with van der Waals surface area (Å²) in [6, 6.07) is 8.30. The molecule has 32 heavy (non-hydrogen) atoms. The van der Waals surface area contributed by atoms with Gasteiger partial charge in [0.05, 0.1) is 19.3 Å². The van der Waals surface area contributed by atoms with Crippen molar-refractivity contribution in [2.45, 2.75) is 32.9 Å². The van der Waals surface area contributed by atoms with Gasteiger partial charge >= 0.3 is 0 Å². The Morgan fingerprint density at radius 1 is 1.41 bits per heavy atom. The van der Waals surface area contributed by atoms with Crippen molar-refractivity contribution in [3.8, 4) is 5.75 Å². The summed E-state index contributed by atoms with van der Waals surface area (Å²) in [6.45, 7) is 8.57. The topological polar surface area (TPSA) is 62.2 Å². The number of anilines is 1. The van der Waals surface area contributed by atoms with E-state index in [-0.39, 0.29) is 30.1 Å². The predicted octanol–water partition coefficient (Wildman–Crippen LogP) is 4.40. The maximum atomic E-state index is 5.38. The van der Waals surface area contributed by atoms with Gasteiger partial charge < -0.3 is 24.6 Å². The number of aliphatic imine (C=N–C) groups is 1. The van der Waals surface area contributed by atoms with Crippen molar-refractivity contribution in [3.63, 3.8) is 0 Å². The minimum Gasteiger partial charge on any atom is -0.497 e. The lowest BCUT2D eigenvalue weighted by Crippen LogP contribution is -2.39. The number of hydrogen-bond donors (Lipinski definition) is 1. The predicted molar refractivity (Wildman–Crippen MR) is 144 cm³/mol. The molecule has 2 heterocycles. The lowest BCUT2D eigenvalue weighted by molar-refractivity contribution is 0.119. The highest BCUT2D eigenvalue weighted by molar-refractivity contribution is 14.0. The fourth-order valence-corrected chi connectivity index (χ4v) is 4.55. The number of rotatable bonds is 9. The van der Waals surface area contributed by atoms with Crippen LogP contribution in [-0.2, 0) is 11.3 Å². The summed E-state index contributed by atoms with van der Waals surface area (Å²) < 4.78 is 10.7. The third-order valence-corrected chi connectivity index (χ3v) is 6.62. The van der Waals surface area contributed by atoms with Gasteiger partial charge in [0.25, 0.3) is 0 Å². The van der Waals surface area contributed by atoms with Gasteiger partial charge in [-0.25, -0.2) is 4.98 Å². The van der Waals surface area contributed by atoms with E-state index in [1.807, 2.05) is 13.0 Å². The molecule has 0 spiro atoms. The molecular formula is C23H36IN5O2S. The van der Waals surface area contributed by atoms with E-state index in [2.05, 4.69) is 52.7 Å². The average molecular weight is 574 g/mol. The molecule has 0 aliphatic carbocycles. The Balaban J connectivity index is 0.00000363.